The first-order valence-electron chi connectivity index (χ1n) is 10.5. The maximum atomic E-state index is 12.5. The lowest BCUT2D eigenvalue weighted by atomic mass is 10.2. The fraction of sp³-hybridized carbons (Fsp3) is 0.550. The Balaban J connectivity index is 1.41. The molecule has 2 aliphatic rings. The Morgan fingerprint density at radius 2 is 1.94 bits per heavy atom. The quantitative estimate of drug-likeness (QED) is 0.559. The summed E-state index contributed by atoms with van der Waals surface area (Å²) >= 11 is 1.32. The van der Waals surface area contributed by atoms with Crippen LogP contribution in [-0.2, 0) is 30.7 Å². The third-order valence-corrected chi connectivity index (χ3v) is 7.40. The Bertz CT molecular complexity index is 1030. The minimum absolute atomic E-state index is 0.118. The van der Waals surface area contributed by atoms with Crippen molar-refractivity contribution < 1.29 is 22.7 Å². The molecule has 10 nitrogen and oxygen atoms in total. The third kappa shape index (κ3) is 5.80. The van der Waals surface area contributed by atoms with Crippen molar-refractivity contribution in [1.29, 1.82) is 0 Å². The summed E-state index contributed by atoms with van der Waals surface area (Å²) in [5.74, 6) is 0.727. The molecule has 2 aromatic rings. The van der Waals surface area contributed by atoms with Crippen LogP contribution in [0, 0.1) is 0 Å². The van der Waals surface area contributed by atoms with Crippen molar-refractivity contribution in [3.8, 4) is 0 Å². The molecule has 0 bridgehead atoms. The van der Waals surface area contributed by atoms with E-state index in [1.165, 1.54) is 23.9 Å². The lowest BCUT2D eigenvalue weighted by molar-refractivity contribution is -0.113. The Morgan fingerprint density at radius 3 is 2.59 bits per heavy atom. The molecule has 12 heteroatoms. The molecule has 2 fully saturated rings. The molecule has 0 spiro atoms. The number of nitrogens with one attached hydrogen (secondary N) is 1. The maximum Gasteiger partial charge on any atom is 0.234 e. The molecule has 174 valence electrons. The number of rotatable bonds is 8. The summed E-state index contributed by atoms with van der Waals surface area (Å²) in [6.45, 7) is 4.21. The number of anilines is 2. The number of amides is 1. The minimum Gasteiger partial charge on any atom is -0.378 e. The van der Waals surface area contributed by atoms with Crippen LogP contribution in [0.1, 0.15) is 12.8 Å². The van der Waals surface area contributed by atoms with Gasteiger partial charge in [0.05, 0.1) is 36.5 Å². The molecular formula is C20H27N5O5S2. The first-order valence-corrected chi connectivity index (χ1v) is 13.4. The van der Waals surface area contributed by atoms with Gasteiger partial charge in [0.1, 0.15) is 0 Å². The number of carbonyl (C=O) groups is 1. The number of aromatic nitrogens is 3. The molecule has 2 aliphatic heterocycles. The number of sulfone groups is 1. The van der Waals surface area contributed by atoms with Crippen LogP contribution in [0.4, 0.5) is 11.6 Å². The fourth-order valence-corrected chi connectivity index (χ4v) is 5.02. The predicted octanol–water partition coefficient (Wildman–Crippen LogP) is 1.43. The Labute approximate surface area is 191 Å². The molecule has 1 aromatic carbocycles. The molecule has 2 saturated heterocycles. The van der Waals surface area contributed by atoms with Gasteiger partial charge in [0.2, 0.25) is 11.9 Å². The van der Waals surface area contributed by atoms with Crippen LogP contribution in [0.5, 0.6) is 0 Å². The first kappa shape index (κ1) is 23.0. The number of nitrogens with zero attached hydrogens (tertiary/aromatic N) is 4. The van der Waals surface area contributed by atoms with E-state index in [1.54, 1.807) is 12.1 Å². The SMILES string of the molecule is CS(=O)(=O)c1ccc(NC(=O)CSc2nnc(N3CCOCC3)n2CC2CCCO2)cc1. The van der Waals surface area contributed by atoms with Crippen LogP contribution >= 0.6 is 11.8 Å². The van der Waals surface area contributed by atoms with Crippen molar-refractivity contribution >= 4 is 39.1 Å². The molecule has 1 aromatic heterocycles. The van der Waals surface area contributed by atoms with Crippen molar-refractivity contribution in [3.05, 3.63) is 24.3 Å². The Morgan fingerprint density at radius 1 is 1.19 bits per heavy atom. The first-order chi connectivity index (χ1) is 15.4. The topological polar surface area (TPSA) is 116 Å². The summed E-state index contributed by atoms with van der Waals surface area (Å²) in [5, 5.41) is 12.2. The molecule has 0 aliphatic carbocycles. The van der Waals surface area contributed by atoms with E-state index < -0.39 is 9.84 Å². The number of hydrogen-bond donors (Lipinski definition) is 1. The summed E-state index contributed by atoms with van der Waals surface area (Å²) in [5.41, 5.74) is 0.540. The van der Waals surface area contributed by atoms with Gasteiger partial charge in [-0.15, -0.1) is 10.2 Å². The van der Waals surface area contributed by atoms with Crippen molar-refractivity contribution in [1.82, 2.24) is 14.8 Å². The van der Waals surface area contributed by atoms with Gasteiger partial charge < -0.3 is 19.7 Å². The van der Waals surface area contributed by atoms with Gasteiger partial charge in [-0.2, -0.15) is 0 Å². The van der Waals surface area contributed by atoms with Crippen LogP contribution in [0.15, 0.2) is 34.3 Å². The second kappa shape index (κ2) is 10.2. The summed E-state index contributed by atoms with van der Waals surface area (Å²) < 4.78 is 36.4. The zero-order valence-corrected chi connectivity index (χ0v) is 19.5. The summed E-state index contributed by atoms with van der Waals surface area (Å²) in [7, 11) is -3.27. The van der Waals surface area contributed by atoms with Crippen LogP contribution < -0.4 is 10.2 Å². The highest BCUT2D eigenvalue weighted by molar-refractivity contribution is 7.99. The highest BCUT2D eigenvalue weighted by Gasteiger charge is 2.25. The summed E-state index contributed by atoms with van der Waals surface area (Å²) in [6, 6.07) is 6.11. The van der Waals surface area contributed by atoms with Gasteiger partial charge >= 0.3 is 0 Å². The normalized spacial score (nSPS) is 19.3. The van der Waals surface area contributed by atoms with E-state index in [-0.39, 0.29) is 22.7 Å². The van der Waals surface area contributed by atoms with Gasteiger partial charge in [-0.1, -0.05) is 11.8 Å². The summed E-state index contributed by atoms with van der Waals surface area (Å²) in [6.07, 6.45) is 3.31. The van der Waals surface area contributed by atoms with Crippen molar-refractivity contribution in [3.63, 3.8) is 0 Å². The molecular weight excluding hydrogens is 454 g/mol. The van der Waals surface area contributed by atoms with Gasteiger partial charge in [-0.3, -0.25) is 9.36 Å². The van der Waals surface area contributed by atoms with E-state index in [1.807, 2.05) is 4.57 Å². The molecule has 32 heavy (non-hydrogen) atoms. The number of ether oxygens (including phenoxy) is 2. The van der Waals surface area contributed by atoms with Gasteiger partial charge in [0, 0.05) is 31.6 Å². The molecule has 1 atom stereocenters. The number of benzene rings is 1. The van der Waals surface area contributed by atoms with E-state index in [2.05, 4.69) is 20.4 Å². The van der Waals surface area contributed by atoms with Gasteiger partial charge in [-0.25, -0.2) is 8.42 Å². The average Bonchev–Trinajstić information content (AvgIpc) is 3.43. The van der Waals surface area contributed by atoms with Gasteiger partial charge in [0.15, 0.2) is 15.0 Å². The van der Waals surface area contributed by atoms with Gasteiger partial charge in [0.25, 0.3) is 0 Å². The molecule has 1 unspecified atom stereocenters. The minimum atomic E-state index is -3.27. The number of carbonyl (C=O) groups excluding carboxylic acids is 1. The number of morpholine rings is 1. The predicted molar refractivity (Wildman–Crippen MR) is 121 cm³/mol. The Hall–Kier alpha value is -2.15. The highest BCUT2D eigenvalue weighted by Crippen LogP contribution is 2.26. The van der Waals surface area contributed by atoms with Crippen LogP contribution in [0.2, 0.25) is 0 Å². The van der Waals surface area contributed by atoms with Crippen molar-refractivity contribution in [2.75, 3.05) is 55.1 Å². The molecule has 3 heterocycles. The van der Waals surface area contributed by atoms with Crippen LogP contribution in [0.25, 0.3) is 0 Å². The van der Waals surface area contributed by atoms with E-state index in [0.717, 1.165) is 44.7 Å². The van der Waals surface area contributed by atoms with Gasteiger partial charge in [-0.05, 0) is 37.1 Å². The standard InChI is InChI=1S/C20H27N5O5S2/c1-32(27,28)17-6-4-15(5-7-17)21-18(26)14-31-20-23-22-19(24-8-11-29-12-9-24)25(20)13-16-3-2-10-30-16/h4-7,16H,2-3,8-14H2,1H3,(H,21,26). The number of thioether (sulfide) groups is 1. The van der Waals surface area contributed by atoms with Crippen molar-refractivity contribution in [2.24, 2.45) is 0 Å². The fourth-order valence-electron chi connectivity index (χ4n) is 3.65. The van der Waals surface area contributed by atoms with Crippen molar-refractivity contribution in [2.45, 2.75) is 35.5 Å². The second-order valence-corrected chi connectivity index (χ2v) is 10.7. The highest BCUT2D eigenvalue weighted by atomic mass is 32.2. The lowest BCUT2D eigenvalue weighted by Crippen LogP contribution is -2.38. The largest absolute Gasteiger partial charge is 0.378 e. The van der Waals surface area contributed by atoms with Crippen LogP contribution in [0.3, 0.4) is 0 Å². The van der Waals surface area contributed by atoms with E-state index in [0.29, 0.717) is 30.6 Å². The van der Waals surface area contributed by atoms with E-state index in [9.17, 15) is 13.2 Å². The van der Waals surface area contributed by atoms with E-state index >= 15 is 0 Å². The average molecular weight is 482 g/mol. The molecule has 4 rings (SSSR count). The molecule has 0 radical (unpaired) electrons. The maximum absolute atomic E-state index is 12.5. The molecule has 0 saturated carbocycles. The smallest absolute Gasteiger partial charge is 0.234 e. The van der Waals surface area contributed by atoms with E-state index in [4.69, 9.17) is 9.47 Å². The zero-order valence-electron chi connectivity index (χ0n) is 17.9. The third-order valence-electron chi connectivity index (χ3n) is 5.30. The zero-order chi connectivity index (χ0) is 22.6. The monoisotopic (exact) mass is 481 g/mol. The molecule has 1 N–H and O–H groups in total. The Kier molecular flexibility index (Phi) is 7.33. The lowest BCUT2D eigenvalue weighted by Gasteiger charge is -2.28. The summed E-state index contributed by atoms with van der Waals surface area (Å²) in [4.78, 5) is 14.8. The number of hydrogen-bond acceptors (Lipinski definition) is 9. The molecule has 1 amide bonds. The second-order valence-electron chi connectivity index (χ2n) is 7.76. The van der Waals surface area contributed by atoms with Crippen LogP contribution in [-0.4, -0.2) is 80.1 Å².